The predicted molar refractivity (Wildman–Crippen MR) is 79.3 cm³/mol. The van der Waals surface area contributed by atoms with Crippen LogP contribution in [0, 0.1) is 0 Å². The molecule has 2 rings (SSSR count). The molecule has 0 amide bonds. The first-order valence-electron chi connectivity index (χ1n) is 7.71. The minimum atomic E-state index is -0.0352. The van der Waals surface area contributed by atoms with E-state index in [-0.39, 0.29) is 11.2 Å². The standard InChI is InChI=1S/C15H31N3O/c1-14(2)12-13(15(3,4)19-14)18-8-5-7-17(9-6-16)10-11-18/h13H,5-12,16H2,1-4H3. The third-order valence-electron chi connectivity index (χ3n) is 4.54. The van der Waals surface area contributed by atoms with Gasteiger partial charge in [0, 0.05) is 32.2 Å². The first-order valence-corrected chi connectivity index (χ1v) is 7.71. The molecule has 2 aliphatic rings. The summed E-state index contributed by atoms with van der Waals surface area (Å²) in [5, 5.41) is 0. The highest BCUT2D eigenvalue weighted by atomic mass is 16.5. The van der Waals surface area contributed by atoms with Crippen LogP contribution in [0.2, 0.25) is 0 Å². The number of rotatable bonds is 3. The van der Waals surface area contributed by atoms with Gasteiger partial charge in [-0.3, -0.25) is 4.90 Å². The van der Waals surface area contributed by atoms with E-state index in [1.807, 2.05) is 0 Å². The molecule has 112 valence electrons. The summed E-state index contributed by atoms with van der Waals surface area (Å²) < 4.78 is 6.24. The minimum absolute atomic E-state index is 0.0113. The van der Waals surface area contributed by atoms with E-state index in [4.69, 9.17) is 10.5 Å². The fourth-order valence-electron chi connectivity index (χ4n) is 3.81. The molecular formula is C15H31N3O. The van der Waals surface area contributed by atoms with Gasteiger partial charge < -0.3 is 15.4 Å². The SMILES string of the molecule is CC1(C)CC(N2CCCN(CCN)CC2)C(C)(C)O1. The molecule has 1 unspecified atom stereocenters. The second-order valence-corrected chi connectivity index (χ2v) is 7.20. The number of hydrogen-bond donors (Lipinski definition) is 1. The van der Waals surface area contributed by atoms with Gasteiger partial charge in [-0.15, -0.1) is 0 Å². The average Bonchev–Trinajstić information content (AvgIpc) is 2.46. The maximum atomic E-state index is 6.24. The van der Waals surface area contributed by atoms with Crippen LogP contribution in [0.4, 0.5) is 0 Å². The third-order valence-corrected chi connectivity index (χ3v) is 4.54. The van der Waals surface area contributed by atoms with Crippen molar-refractivity contribution in [2.45, 2.75) is 57.8 Å². The molecule has 4 heteroatoms. The van der Waals surface area contributed by atoms with Gasteiger partial charge in [-0.2, -0.15) is 0 Å². The lowest BCUT2D eigenvalue weighted by Gasteiger charge is -2.35. The zero-order valence-corrected chi connectivity index (χ0v) is 13.1. The predicted octanol–water partition coefficient (Wildman–Crippen LogP) is 1.30. The Morgan fingerprint density at radius 2 is 1.84 bits per heavy atom. The van der Waals surface area contributed by atoms with Crippen molar-refractivity contribution in [3.05, 3.63) is 0 Å². The summed E-state index contributed by atoms with van der Waals surface area (Å²) in [4.78, 5) is 5.14. The highest BCUT2D eigenvalue weighted by Gasteiger charge is 2.48. The van der Waals surface area contributed by atoms with E-state index in [9.17, 15) is 0 Å². The molecule has 0 aromatic heterocycles. The number of hydrogen-bond acceptors (Lipinski definition) is 4. The van der Waals surface area contributed by atoms with Crippen molar-refractivity contribution in [2.75, 3.05) is 39.3 Å². The van der Waals surface area contributed by atoms with Crippen LogP contribution in [0.25, 0.3) is 0 Å². The Kier molecular flexibility index (Phi) is 4.56. The monoisotopic (exact) mass is 269 g/mol. The molecule has 0 aromatic rings. The highest BCUT2D eigenvalue weighted by Crippen LogP contribution is 2.40. The lowest BCUT2D eigenvalue weighted by Crippen LogP contribution is -2.48. The lowest BCUT2D eigenvalue weighted by molar-refractivity contribution is -0.0802. The number of ether oxygens (including phenoxy) is 1. The molecule has 0 radical (unpaired) electrons. The van der Waals surface area contributed by atoms with Crippen molar-refractivity contribution >= 4 is 0 Å². The molecule has 19 heavy (non-hydrogen) atoms. The van der Waals surface area contributed by atoms with E-state index < -0.39 is 0 Å². The average molecular weight is 269 g/mol. The summed E-state index contributed by atoms with van der Waals surface area (Å²) in [6.07, 6.45) is 2.38. The molecule has 2 saturated heterocycles. The number of nitrogens with two attached hydrogens (primary N) is 1. The molecule has 0 saturated carbocycles. The fourth-order valence-corrected chi connectivity index (χ4v) is 3.81. The largest absolute Gasteiger partial charge is 0.368 e. The van der Waals surface area contributed by atoms with E-state index in [1.54, 1.807) is 0 Å². The van der Waals surface area contributed by atoms with Gasteiger partial charge in [0.2, 0.25) is 0 Å². The third kappa shape index (κ3) is 3.69. The molecule has 0 bridgehead atoms. The van der Waals surface area contributed by atoms with E-state index in [1.165, 1.54) is 19.5 Å². The molecule has 2 fully saturated rings. The van der Waals surface area contributed by atoms with Crippen molar-refractivity contribution in [3.63, 3.8) is 0 Å². The van der Waals surface area contributed by atoms with Gasteiger partial charge in [0.15, 0.2) is 0 Å². The smallest absolute Gasteiger partial charge is 0.0789 e. The van der Waals surface area contributed by atoms with E-state index in [2.05, 4.69) is 37.5 Å². The van der Waals surface area contributed by atoms with Crippen LogP contribution in [0.3, 0.4) is 0 Å². The molecule has 0 aromatic carbocycles. The van der Waals surface area contributed by atoms with Crippen molar-refractivity contribution < 1.29 is 4.74 Å². The van der Waals surface area contributed by atoms with Crippen LogP contribution in [0.1, 0.15) is 40.5 Å². The first-order chi connectivity index (χ1) is 8.84. The van der Waals surface area contributed by atoms with E-state index in [0.717, 1.165) is 32.6 Å². The summed E-state index contributed by atoms with van der Waals surface area (Å²) in [6.45, 7) is 15.4. The number of nitrogens with zero attached hydrogens (tertiary/aromatic N) is 2. The lowest BCUT2D eigenvalue weighted by atomic mass is 9.93. The van der Waals surface area contributed by atoms with Crippen LogP contribution in [0.15, 0.2) is 0 Å². The van der Waals surface area contributed by atoms with Crippen LogP contribution >= 0.6 is 0 Å². The highest BCUT2D eigenvalue weighted by molar-refractivity contribution is 5.00. The Balaban J connectivity index is 1.98. The normalized spacial score (nSPS) is 32.4. The summed E-state index contributed by atoms with van der Waals surface area (Å²) >= 11 is 0. The summed E-state index contributed by atoms with van der Waals surface area (Å²) in [7, 11) is 0. The van der Waals surface area contributed by atoms with Gasteiger partial charge in [-0.25, -0.2) is 0 Å². The Morgan fingerprint density at radius 1 is 1.11 bits per heavy atom. The van der Waals surface area contributed by atoms with Crippen molar-refractivity contribution in [1.29, 1.82) is 0 Å². The van der Waals surface area contributed by atoms with Gasteiger partial charge >= 0.3 is 0 Å². The topological polar surface area (TPSA) is 41.7 Å². The molecule has 0 aliphatic carbocycles. The Bertz CT molecular complexity index is 304. The molecule has 1 atom stereocenters. The second kappa shape index (κ2) is 5.68. The summed E-state index contributed by atoms with van der Waals surface area (Å²) in [6, 6.07) is 0.542. The van der Waals surface area contributed by atoms with Gasteiger partial charge in [-0.05, 0) is 53.6 Å². The maximum Gasteiger partial charge on any atom is 0.0789 e. The van der Waals surface area contributed by atoms with Gasteiger partial charge in [-0.1, -0.05) is 0 Å². The van der Waals surface area contributed by atoms with Crippen molar-refractivity contribution in [3.8, 4) is 0 Å². The van der Waals surface area contributed by atoms with Crippen LogP contribution in [0.5, 0.6) is 0 Å². The molecule has 2 heterocycles. The van der Waals surface area contributed by atoms with Crippen LogP contribution in [-0.2, 0) is 4.74 Å². The van der Waals surface area contributed by atoms with Crippen LogP contribution < -0.4 is 5.73 Å². The second-order valence-electron chi connectivity index (χ2n) is 7.20. The van der Waals surface area contributed by atoms with Crippen LogP contribution in [-0.4, -0.2) is 66.3 Å². The molecule has 2 N–H and O–H groups in total. The van der Waals surface area contributed by atoms with Crippen molar-refractivity contribution in [2.24, 2.45) is 5.73 Å². The Labute approximate surface area is 118 Å². The molecule has 0 spiro atoms. The van der Waals surface area contributed by atoms with E-state index in [0.29, 0.717) is 6.04 Å². The zero-order valence-electron chi connectivity index (χ0n) is 13.1. The Hall–Kier alpha value is -0.160. The summed E-state index contributed by atoms with van der Waals surface area (Å²) in [5.41, 5.74) is 5.65. The quantitative estimate of drug-likeness (QED) is 0.838. The van der Waals surface area contributed by atoms with Gasteiger partial charge in [0.1, 0.15) is 0 Å². The van der Waals surface area contributed by atoms with Gasteiger partial charge in [0.25, 0.3) is 0 Å². The Morgan fingerprint density at radius 3 is 2.42 bits per heavy atom. The van der Waals surface area contributed by atoms with Gasteiger partial charge in [0.05, 0.1) is 11.2 Å². The molecule has 2 aliphatic heterocycles. The molecular weight excluding hydrogens is 238 g/mol. The first kappa shape index (κ1) is 15.2. The zero-order chi connectivity index (χ0) is 14.1. The maximum absolute atomic E-state index is 6.24. The molecule has 4 nitrogen and oxygen atoms in total. The minimum Gasteiger partial charge on any atom is -0.368 e. The summed E-state index contributed by atoms with van der Waals surface area (Å²) in [5.74, 6) is 0. The van der Waals surface area contributed by atoms with Crippen molar-refractivity contribution in [1.82, 2.24) is 9.80 Å². The van der Waals surface area contributed by atoms with E-state index >= 15 is 0 Å². The fraction of sp³-hybridized carbons (Fsp3) is 1.00.